The van der Waals surface area contributed by atoms with Gasteiger partial charge in [-0.3, -0.25) is 14.5 Å². The first-order valence-electron chi connectivity index (χ1n) is 6.83. The van der Waals surface area contributed by atoms with Gasteiger partial charge in [0.05, 0.1) is 12.8 Å². The fourth-order valence-electron chi connectivity index (χ4n) is 2.05. The van der Waals surface area contributed by atoms with Crippen LogP contribution in [0.15, 0.2) is 18.2 Å². The van der Waals surface area contributed by atoms with Crippen LogP contribution in [0.2, 0.25) is 5.02 Å². The topological polar surface area (TPSA) is 49.9 Å². The fourth-order valence-corrected chi connectivity index (χ4v) is 2.22. The minimum absolute atomic E-state index is 0.0340. The highest BCUT2D eigenvalue weighted by molar-refractivity contribution is 6.31. The van der Waals surface area contributed by atoms with Crippen LogP contribution in [0.4, 0.5) is 5.69 Å². The van der Waals surface area contributed by atoms with Crippen LogP contribution in [-0.2, 0) is 9.59 Å². The van der Waals surface area contributed by atoms with Crippen molar-refractivity contribution >= 4 is 29.1 Å². The zero-order valence-corrected chi connectivity index (χ0v) is 13.6. The number of halogens is 1. The zero-order chi connectivity index (χ0) is 16.0. The fraction of sp³-hybridized carbons (Fsp3) is 0.467. The highest BCUT2D eigenvalue weighted by Crippen LogP contribution is 2.31. The van der Waals surface area contributed by atoms with Crippen molar-refractivity contribution in [3.63, 3.8) is 0 Å². The quantitative estimate of drug-likeness (QED) is 0.811. The number of likely N-dealkylation sites (N-methyl/N-ethyl adjacent to an activating group) is 1. The van der Waals surface area contributed by atoms with Crippen LogP contribution >= 0.6 is 11.6 Å². The molecule has 6 heteroatoms. The van der Waals surface area contributed by atoms with E-state index in [-0.39, 0.29) is 18.4 Å². The number of hydrogen-bond acceptors (Lipinski definition) is 3. The van der Waals surface area contributed by atoms with Gasteiger partial charge in [-0.1, -0.05) is 11.6 Å². The van der Waals surface area contributed by atoms with Crippen LogP contribution < -0.4 is 9.64 Å². The molecule has 0 unspecified atom stereocenters. The minimum atomic E-state index is -0.240. The molecule has 1 rings (SSSR count). The van der Waals surface area contributed by atoms with Crippen LogP contribution in [-0.4, -0.2) is 43.5 Å². The predicted octanol–water partition coefficient (Wildman–Crippen LogP) is 2.57. The Morgan fingerprint density at radius 1 is 1.24 bits per heavy atom. The van der Waals surface area contributed by atoms with E-state index in [1.165, 1.54) is 18.9 Å². The van der Waals surface area contributed by atoms with Gasteiger partial charge in [-0.25, -0.2) is 0 Å². The van der Waals surface area contributed by atoms with Crippen molar-refractivity contribution in [1.29, 1.82) is 0 Å². The van der Waals surface area contributed by atoms with Crippen LogP contribution in [0.25, 0.3) is 0 Å². The lowest BCUT2D eigenvalue weighted by Crippen LogP contribution is -2.42. The molecular weight excluding hydrogens is 292 g/mol. The molecular formula is C15H21ClN2O3. The first kappa shape index (κ1) is 17.3. The number of anilines is 1. The van der Waals surface area contributed by atoms with E-state index in [1.807, 2.05) is 13.8 Å². The maximum Gasteiger partial charge on any atom is 0.242 e. The van der Waals surface area contributed by atoms with Gasteiger partial charge in [-0.05, 0) is 32.0 Å². The number of nitrogens with zero attached hydrogens (tertiary/aromatic N) is 2. The van der Waals surface area contributed by atoms with E-state index in [0.29, 0.717) is 29.5 Å². The van der Waals surface area contributed by atoms with Crippen LogP contribution in [0.5, 0.6) is 5.75 Å². The molecule has 2 amide bonds. The molecule has 0 aliphatic heterocycles. The number of benzene rings is 1. The molecule has 116 valence electrons. The molecule has 0 spiro atoms. The summed E-state index contributed by atoms with van der Waals surface area (Å²) in [5.74, 6) is 0.148. The molecule has 0 aliphatic rings. The van der Waals surface area contributed by atoms with Gasteiger partial charge in [0, 0.05) is 25.0 Å². The van der Waals surface area contributed by atoms with E-state index in [2.05, 4.69) is 0 Å². The Bertz CT molecular complexity index is 516. The summed E-state index contributed by atoms with van der Waals surface area (Å²) in [6.45, 7) is 6.39. The monoisotopic (exact) mass is 312 g/mol. The normalized spacial score (nSPS) is 10.1. The minimum Gasteiger partial charge on any atom is -0.495 e. The standard InChI is InChI=1S/C15H21ClN2O3/c1-5-17(6-2)15(20)10-18(11(3)19)13-9-12(16)7-8-14(13)21-4/h7-9H,5-6,10H2,1-4H3. The van der Waals surface area contributed by atoms with Crippen molar-refractivity contribution in [2.24, 2.45) is 0 Å². The maximum absolute atomic E-state index is 12.2. The zero-order valence-electron chi connectivity index (χ0n) is 12.9. The Morgan fingerprint density at radius 2 is 1.86 bits per heavy atom. The van der Waals surface area contributed by atoms with Crippen LogP contribution in [0.1, 0.15) is 20.8 Å². The molecule has 0 atom stereocenters. The molecule has 0 aromatic heterocycles. The number of hydrogen-bond donors (Lipinski definition) is 0. The van der Waals surface area contributed by atoms with Crippen molar-refractivity contribution in [3.8, 4) is 5.75 Å². The van der Waals surface area contributed by atoms with Gasteiger partial charge in [0.15, 0.2) is 0 Å². The van der Waals surface area contributed by atoms with Gasteiger partial charge in [0.1, 0.15) is 12.3 Å². The van der Waals surface area contributed by atoms with Gasteiger partial charge in [0.25, 0.3) is 0 Å². The molecule has 0 saturated heterocycles. The van der Waals surface area contributed by atoms with Gasteiger partial charge >= 0.3 is 0 Å². The first-order chi connectivity index (χ1) is 9.94. The number of methoxy groups -OCH3 is 1. The highest BCUT2D eigenvalue weighted by Gasteiger charge is 2.22. The average molecular weight is 313 g/mol. The summed E-state index contributed by atoms with van der Waals surface area (Å²) < 4.78 is 5.25. The second kappa shape index (κ2) is 7.88. The van der Waals surface area contributed by atoms with Gasteiger partial charge in [0.2, 0.25) is 11.8 Å². The van der Waals surface area contributed by atoms with E-state index in [0.717, 1.165) is 0 Å². The lowest BCUT2D eigenvalue weighted by Gasteiger charge is -2.26. The Balaban J connectivity index is 3.11. The lowest BCUT2D eigenvalue weighted by molar-refractivity contribution is -0.130. The van der Waals surface area contributed by atoms with Crippen molar-refractivity contribution in [1.82, 2.24) is 4.90 Å². The van der Waals surface area contributed by atoms with Crippen LogP contribution in [0, 0.1) is 0 Å². The number of carbonyl (C=O) groups is 2. The molecule has 0 bridgehead atoms. The third-order valence-electron chi connectivity index (χ3n) is 3.22. The van der Waals surface area contributed by atoms with Gasteiger partial charge in [-0.2, -0.15) is 0 Å². The van der Waals surface area contributed by atoms with E-state index in [9.17, 15) is 9.59 Å². The van der Waals surface area contributed by atoms with E-state index in [4.69, 9.17) is 16.3 Å². The molecule has 1 aromatic carbocycles. The van der Waals surface area contributed by atoms with Gasteiger partial charge in [-0.15, -0.1) is 0 Å². The van der Waals surface area contributed by atoms with Crippen LogP contribution in [0.3, 0.4) is 0 Å². The molecule has 0 radical (unpaired) electrons. The Morgan fingerprint density at radius 3 is 2.33 bits per heavy atom. The number of amides is 2. The molecule has 0 heterocycles. The smallest absolute Gasteiger partial charge is 0.242 e. The average Bonchev–Trinajstić information content (AvgIpc) is 2.45. The summed E-state index contributed by atoms with van der Waals surface area (Å²) in [5.41, 5.74) is 0.498. The summed E-state index contributed by atoms with van der Waals surface area (Å²) in [7, 11) is 1.51. The van der Waals surface area contributed by atoms with Crippen molar-refractivity contribution < 1.29 is 14.3 Å². The third kappa shape index (κ3) is 4.36. The molecule has 0 aliphatic carbocycles. The molecule has 5 nitrogen and oxygen atoms in total. The molecule has 0 fully saturated rings. The summed E-state index contributed by atoms with van der Waals surface area (Å²) >= 11 is 5.99. The summed E-state index contributed by atoms with van der Waals surface area (Å²) in [6, 6.07) is 4.97. The number of carbonyl (C=O) groups excluding carboxylic acids is 2. The molecule has 1 aromatic rings. The van der Waals surface area contributed by atoms with E-state index in [1.54, 1.807) is 23.1 Å². The Hall–Kier alpha value is -1.75. The van der Waals surface area contributed by atoms with Crippen molar-refractivity contribution in [2.75, 3.05) is 31.6 Å². The summed E-state index contributed by atoms with van der Waals surface area (Å²) in [6.07, 6.45) is 0. The molecule has 21 heavy (non-hydrogen) atoms. The SMILES string of the molecule is CCN(CC)C(=O)CN(C(C)=O)c1cc(Cl)ccc1OC. The van der Waals surface area contributed by atoms with Crippen molar-refractivity contribution in [3.05, 3.63) is 23.2 Å². The highest BCUT2D eigenvalue weighted by atomic mass is 35.5. The van der Waals surface area contributed by atoms with E-state index >= 15 is 0 Å². The predicted molar refractivity (Wildman–Crippen MR) is 84.0 cm³/mol. The Kier molecular flexibility index (Phi) is 6.49. The number of ether oxygens (including phenoxy) is 1. The Labute approximate surface area is 130 Å². The molecule has 0 N–H and O–H groups in total. The summed E-state index contributed by atoms with van der Waals surface area (Å²) in [5, 5.41) is 0.479. The van der Waals surface area contributed by atoms with Gasteiger partial charge < -0.3 is 9.64 Å². The first-order valence-corrected chi connectivity index (χ1v) is 7.21. The number of rotatable bonds is 6. The van der Waals surface area contributed by atoms with E-state index < -0.39 is 0 Å². The lowest BCUT2D eigenvalue weighted by atomic mass is 10.2. The third-order valence-corrected chi connectivity index (χ3v) is 3.46. The maximum atomic E-state index is 12.2. The molecule has 0 saturated carbocycles. The summed E-state index contributed by atoms with van der Waals surface area (Å²) in [4.78, 5) is 27.2. The largest absolute Gasteiger partial charge is 0.495 e. The second-order valence-electron chi connectivity index (χ2n) is 4.49. The van der Waals surface area contributed by atoms with Crippen molar-refractivity contribution in [2.45, 2.75) is 20.8 Å². The second-order valence-corrected chi connectivity index (χ2v) is 4.92.